The maximum Gasteiger partial charge on any atom is 0.238 e. The summed E-state index contributed by atoms with van der Waals surface area (Å²) < 4.78 is 0. The van der Waals surface area contributed by atoms with E-state index in [-0.39, 0.29) is 12.1 Å². The lowest BCUT2D eigenvalue weighted by atomic mass is 10.1. The van der Waals surface area contributed by atoms with Crippen molar-refractivity contribution in [3.63, 3.8) is 0 Å². The number of aliphatic imine (C=N–C) groups is 1. The minimum absolute atomic E-state index is 0.184. The van der Waals surface area contributed by atoms with Crippen molar-refractivity contribution in [2.75, 3.05) is 18.9 Å². The molecule has 2 aromatic rings. The number of amidine groups is 1. The van der Waals surface area contributed by atoms with E-state index < -0.39 is 6.04 Å². The number of anilines is 1. The van der Waals surface area contributed by atoms with E-state index in [1.807, 2.05) is 67.4 Å². The number of primary amides is 1. The Kier molecular flexibility index (Phi) is 6.67. The number of para-hydroxylation sites is 1. The van der Waals surface area contributed by atoms with Crippen LogP contribution in [0.3, 0.4) is 0 Å². The van der Waals surface area contributed by atoms with Crippen LogP contribution in [0.15, 0.2) is 71.4 Å². The number of fused-ring (bicyclic) bond motifs is 1. The number of benzene rings is 2. The fourth-order valence-electron chi connectivity index (χ4n) is 3.47. The molecule has 2 aromatic carbocycles. The molecular weight excluding hydrogens is 362 g/mol. The summed E-state index contributed by atoms with van der Waals surface area (Å²) in [6.07, 6.45) is 2.63. The first-order valence-corrected chi connectivity index (χ1v) is 9.93. The van der Waals surface area contributed by atoms with E-state index in [1.54, 1.807) is 0 Å². The van der Waals surface area contributed by atoms with Crippen molar-refractivity contribution in [3.8, 4) is 0 Å². The third-order valence-electron chi connectivity index (χ3n) is 4.91. The molecule has 29 heavy (non-hydrogen) atoms. The molecule has 0 saturated heterocycles. The highest BCUT2D eigenvalue weighted by atomic mass is 16.1. The van der Waals surface area contributed by atoms with Crippen molar-refractivity contribution in [2.45, 2.75) is 32.5 Å². The first-order chi connectivity index (χ1) is 14.0. The lowest BCUT2D eigenvalue weighted by molar-refractivity contribution is -0.121. The van der Waals surface area contributed by atoms with E-state index in [2.05, 4.69) is 29.7 Å². The summed E-state index contributed by atoms with van der Waals surface area (Å²) >= 11 is 0. The Balaban J connectivity index is 1.90. The zero-order chi connectivity index (χ0) is 20.8. The van der Waals surface area contributed by atoms with Crippen molar-refractivity contribution in [1.82, 2.24) is 10.2 Å². The molecule has 3 rings (SSSR count). The van der Waals surface area contributed by atoms with Gasteiger partial charge in [0.2, 0.25) is 5.91 Å². The van der Waals surface area contributed by atoms with Crippen molar-refractivity contribution in [3.05, 3.63) is 77.5 Å². The zero-order valence-corrected chi connectivity index (χ0v) is 17.2. The highest BCUT2D eigenvalue weighted by molar-refractivity contribution is 6.05. The summed E-state index contributed by atoms with van der Waals surface area (Å²) in [6.45, 7) is 4.80. The van der Waals surface area contributed by atoms with Crippen molar-refractivity contribution in [1.29, 1.82) is 0 Å². The summed E-state index contributed by atoms with van der Waals surface area (Å²) in [7, 11) is 1.91. The number of hydrogen-bond donors (Lipinski definition) is 3. The molecule has 1 aliphatic rings. The van der Waals surface area contributed by atoms with Crippen LogP contribution in [0.2, 0.25) is 0 Å². The molecule has 6 heteroatoms. The smallest absolute Gasteiger partial charge is 0.238 e. The van der Waals surface area contributed by atoms with Crippen LogP contribution in [0, 0.1) is 0 Å². The quantitative estimate of drug-likeness (QED) is 0.677. The fourth-order valence-corrected chi connectivity index (χ4v) is 3.47. The molecule has 1 amide bonds. The van der Waals surface area contributed by atoms with Crippen molar-refractivity contribution in [2.24, 2.45) is 10.7 Å². The van der Waals surface area contributed by atoms with Crippen LogP contribution in [0.5, 0.6) is 0 Å². The van der Waals surface area contributed by atoms with Crippen molar-refractivity contribution >= 4 is 17.4 Å². The molecule has 152 valence electrons. The standard InChI is InChI=1S/C23H29N5O/c1-4-14-28(3)20(21(24)29)15-16(2)25-23-18-12-8-9-13-19(18)26-22(27-23)17-10-6-5-7-11-17/h5-13,15,20,22,26H,4,14H2,1-3H3,(H2,24,29)(H,25,27)/b16-15+. The first-order valence-electron chi connectivity index (χ1n) is 9.93. The molecule has 0 spiro atoms. The van der Waals surface area contributed by atoms with Crippen LogP contribution in [-0.2, 0) is 4.79 Å². The van der Waals surface area contributed by atoms with Gasteiger partial charge in [-0.2, -0.15) is 0 Å². The van der Waals surface area contributed by atoms with E-state index in [0.29, 0.717) is 0 Å². The van der Waals surface area contributed by atoms with Crippen LogP contribution in [-0.4, -0.2) is 36.3 Å². The molecule has 0 radical (unpaired) electrons. The Labute approximate surface area is 172 Å². The Morgan fingerprint density at radius 1 is 1.24 bits per heavy atom. The predicted molar refractivity (Wildman–Crippen MR) is 119 cm³/mol. The molecule has 0 bridgehead atoms. The average molecular weight is 392 g/mol. The predicted octanol–water partition coefficient (Wildman–Crippen LogP) is 3.25. The average Bonchev–Trinajstić information content (AvgIpc) is 2.72. The largest absolute Gasteiger partial charge is 0.368 e. The summed E-state index contributed by atoms with van der Waals surface area (Å²) in [4.78, 5) is 18.8. The van der Waals surface area contributed by atoms with Crippen LogP contribution in [0.25, 0.3) is 0 Å². The summed E-state index contributed by atoms with van der Waals surface area (Å²) in [5.74, 6) is 0.403. The molecule has 0 saturated carbocycles. The molecule has 1 heterocycles. The Bertz CT molecular complexity index is 906. The van der Waals surface area contributed by atoms with Gasteiger partial charge in [-0.15, -0.1) is 0 Å². The topological polar surface area (TPSA) is 82.8 Å². The lowest BCUT2D eigenvalue weighted by Crippen LogP contribution is -2.42. The van der Waals surface area contributed by atoms with Gasteiger partial charge in [-0.3, -0.25) is 9.69 Å². The SMILES string of the molecule is CCCN(C)C(/C=C(\C)NC1=NC(c2ccccc2)Nc2ccccc21)C(N)=O. The molecule has 6 nitrogen and oxygen atoms in total. The van der Waals surface area contributed by atoms with Gasteiger partial charge < -0.3 is 16.4 Å². The number of allylic oxidation sites excluding steroid dienone is 1. The van der Waals surface area contributed by atoms with E-state index in [0.717, 1.165) is 41.3 Å². The molecule has 0 fully saturated rings. The fraction of sp³-hybridized carbons (Fsp3) is 0.304. The number of carbonyl (C=O) groups excluding carboxylic acids is 1. The van der Waals surface area contributed by atoms with E-state index in [1.165, 1.54) is 0 Å². The lowest BCUT2D eigenvalue weighted by Gasteiger charge is -2.27. The molecule has 4 N–H and O–H groups in total. The Morgan fingerprint density at radius 2 is 1.93 bits per heavy atom. The minimum Gasteiger partial charge on any atom is -0.368 e. The summed E-state index contributed by atoms with van der Waals surface area (Å²) in [5, 5.41) is 6.87. The second-order valence-corrected chi connectivity index (χ2v) is 7.28. The normalized spacial score (nSPS) is 17.2. The summed E-state index contributed by atoms with van der Waals surface area (Å²) in [6, 6.07) is 17.7. The summed E-state index contributed by atoms with van der Waals surface area (Å²) in [5.41, 5.74) is 9.55. The number of nitrogens with zero attached hydrogens (tertiary/aromatic N) is 2. The number of carbonyl (C=O) groups is 1. The Hall–Kier alpha value is -3.12. The van der Waals surface area contributed by atoms with E-state index >= 15 is 0 Å². The molecule has 2 unspecified atom stereocenters. The van der Waals surface area contributed by atoms with Gasteiger partial charge in [0.1, 0.15) is 18.0 Å². The third-order valence-corrected chi connectivity index (χ3v) is 4.91. The van der Waals surface area contributed by atoms with Crippen LogP contribution >= 0.6 is 0 Å². The minimum atomic E-state index is -0.468. The highest BCUT2D eigenvalue weighted by Crippen LogP contribution is 2.29. The van der Waals surface area contributed by atoms with Gasteiger partial charge in [-0.05, 0) is 50.7 Å². The maximum atomic E-state index is 11.9. The first kappa shape index (κ1) is 20.6. The second kappa shape index (κ2) is 9.39. The number of hydrogen-bond acceptors (Lipinski definition) is 5. The third kappa shape index (κ3) is 5.03. The molecule has 0 aliphatic carbocycles. The van der Waals surface area contributed by atoms with Crippen LogP contribution < -0.4 is 16.4 Å². The number of amides is 1. The molecule has 1 aliphatic heterocycles. The van der Waals surface area contributed by atoms with E-state index in [4.69, 9.17) is 10.7 Å². The van der Waals surface area contributed by atoms with Gasteiger partial charge in [0.25, 0.3) is 0 Å². The van der Waals surface area contributed by atoms with Gasteiger partial charge in [0.05, 0.1) is 0 Å². The zero-order valence-electron chi connectivity index (χ0n) is 17.2. The van der Waals surface area contributed by atoms with Gasteiger partial charge in [-0.1, -0.05) is 49.4 Å². The second-order valence-electron chi connectivity index (χ2n) is 7.28. The van der Waals surface area contributed by atoms with Crippen LogP contribution in [0.1, 0.15) is 37.6 Å². The van der Waals surface area contributed by atoms with Gasteiger partial charge in [-0.25, -0.2) is 4.99 Å². The maximum absolute atomic E-state index is 11.9. The number of likely N-dealkylation sites (N-methyl/N-ethyl adjacent to an activating group) is 1. The molecular formula is C23H29N5O. The molecule has 0 aromatic heterocycles. The number of nitrogens with two attached hydrogens (primary N) is 1. The molecule has 2 atom stereocenters. The number of rotatable bonds is 7. The van der Waals surface area contributed by atoms with E-state index in [9.17, 15) is 4.79 Å². The number of nitrogens with one attached hydrogen (secondary N) is 2. The monoisotopic (exact) mass is 391 g/mol. The van der Waals surface area contributed by atoms with Crippen LogP contribution in [0.4, 0.5) is 5.69 Å². The van der Waals surface area contributed by atoms with Gasteiger partial charge in [0.15, 0.2) is 0 Å². The van der Waals surface area contributed by atoms with Gasteiger partial charge >= 0.3 is 0 Å². The van der Waals surface area contributed by atoms with Crippen molar-refractivity contribution < 1.29 is 4.79 Å². The highest BCUT2D eigenvalue weighted by Gasteiger charge is 2.22. The van der Waals surface area contributed by atoms with Gasteiger partial charge in [0, 0.05) is 16.9 Å². The Morgan fingerprint density at radius 3 is 2.62 bits per heavy atom.